The second-order valence-electron chi connectivity index (χ2n) is 4.02. The predicted octanol–water partition coefficient (Wildman–Crippen LogP) is 0.463. The Morgan fingerprint density at radius 2 is 1.67 bits per heavy atom. The molecule has 0 radical (unpaired) electrons. The molecule has 0 aliphatic rings. The normalized spacial score (nSPS) is 11.1. The lowest BCUT2D eigenvalue weighted by molar-refractivity contribution is -0.137. The molecule has 6 heteroatoms. The van der Waals surface area contributed by atoms with E-state index in [1.54, 1.807) is 7.11 Å². The highest BCUT2D eigenvalue weighted by Crippen LogP contribution is 1.93. The minimum atomic E-state index is -0.743. The molecular weight excluding hydrogens is 238 g/mol. The summed E-state index contributed by atoms with van der Waals surface area (Å²) >= 11 is 0. The smallest absolute Gasteiger partial charge is 0.303 e. The third-order valence-electron chi connectivity index (χ3n) is 2.35. The van der Waals surface area contributed by atoms with Crippen molar-refractivity contribution in [1.29, 1.82) is 0 Å². The van der Waals surface area contributed by atoms with Crippen LogP contribution in [0.5, 0.6) is 0 Å². The van der Waals surface area contributed by atoms with E-state index in [-0.39, 0.29) is 6.42 Å². The van der Waals surface area contributed by atoms with Gasteiger partial charge in [0, 0.05) is 20.1 Å². The first-order chi connectivity index (χ1) is 8.66. The predicted molar refractivity (Wildman–Crippen MR) is 67.9 cm³/mol. The number of aliphatic carboxylic acids is 1. The zero-order chi connectivity index (χ0) is 13.6. The Labute approximate surface area is 109 Å². The lowest BCUT2D eigenvalue weighted by Gasteiger charge is -2.15. The monoisotopic (exact) mass is 263 g/mol. The highest BCUT2D eigenvalue weighted by atomic mass is 16.5. The van der Waals surface area contributed by atoms with Crippen LogP contribution in [0.1, 0.15) is 12.8 Å². The minimum absolute atomic E-state index is 0.221. The summed E-state index contributed by atoms with van der Waals surface area (Å²) in [5.74, 6) is -0.743. The van der Waals surface area contributed by atoms with E-state index in [2.05, 4.69) is 4.90 Å². The second-order valence-corrected chi connectivity index (χ2v) is 4.02. The molecule has 1 N–H and O–H groups in total. The molecule has 0 aromatic rings. The molecule has 0 spiro atoms. The zero-order valence-corrected chi connectivity index (χ0v) is 11.4. The first kappa shape index (κ1) is 17.3. The minimum Gasteiger partial charge on any atom is -0.481 e. The van der Waals surface area contributed by atoms with Gasteiger partial charge in [-0.2, -0.15) is 0 Å². The van der Waals surface area contributed by atoms with Gasteiger partial charge in [0.1, 0.15) is 0 Å². The largest absolute Gasteiger partial charge is 0.481 e. The van der Waals surface area contributed by atoms with Gasteiger partial charge in [0.05, 0.1) is 33.0 Å². The molecule has 0 rings (SSSR count). The molecule has 6 nitrogen and oxygen atoms in total. The fraction of sp³-hybridized carbons (Fsp3) is 0.917. The molecular formula is C12H25NO5. The van der Waals surface area contributed by atoms with Crippen molar-refractivity contribution in [3.05, 3.63) is 0 Å². The topological polar surface area (TPSA) is 68.2 Å². The zero-order valence-electron chi connectivity index (χ0n) is 11.4. The molecule has 0 saturated heterocycles. The van der Waals surface area contributed by atoms with E-state index in [0.29, 0.717) is 39.5 Å². The lowest BCUT2D eigenvalue weighted by Crippen LogP contribution is -2.25. The Hall–Kier alpha value is -0.690. The number of ether oxygens (including phenoxy) is 3. The fourth-order valence-corrected chi connectivity index (χ4v) is 1.30. The molecule has 0 atom stereocenters. The maximum Gasteiger partial charge on any atom is 0.303 e. The summed E-state index contributed by atoms with van der Waals surface area (Å²) in [5.41, 5.74) is 0. The van der Waals surface area contributed by atoms with Gasteiger partial charge in [-0.15, -0.1) is 0 Å². The van der Waals surface area contributed by atoms with Crippen molar-refractivity contribution >= 4 is 5.97 Å². The number of hydrogen-bond acceptors (Lipinski definition) is 5. The Kier molecular flexibility index (Phi) is 12.3. The average molecular weight is 263 g/mol. The van der Waals surface area contributed by atoms with E-state index in [4.69, 9.17) is 19.3 Å². The van der Waals surface area contributed by atoms with Crippen molar-refractivity contribution in [2.45, 2.75) is 12.8 Å². The molecule has 0 amide bonds. The number of methoxy groups -OCH3 is 1. The molecule has 108 valence electrons. The molecule has 0 aromatic heterocycles. The van der Waals surface area contributed by atoms with E-state index in [9.17, 15) is 4.79 Å². The van der Waals surface area contributed by atoms with Crippen LogP contribution in [0.3, 0.4) is 0 Å². The van der Waals surface area contributed by atoms with E-state index >= 15 is 0 Å². The number of nitrogens with zero attached hydrogens (tertiary/aromatic N) is 1. The summed E-state index contributed by atoms with van der Waals surface area (Å²) in [6, 6.07) is 0. The molecule has 0 aromatic carbocycles. The highest BCUT2D eigenvalue weighted by molar-refractivity contribution is 5.66. The fourth-order valence-electron chi connectivity index (χ4n) is 1.30. The molecule has 0 aliphatic heterocycles. The van der Waals surface area contributed by atoms with Crippen LogP contribution in [-0.2, 0) is 19.0 Å². The Morgan fingerprint density at radius 1 is 1.06 bits per heavy atom. The van der Waals surface area contributed by atoms with Crippen LogP contribution in [0.15, 0.2) is 0 Å². The van der Waals surface area contributed by atoms with Crippen LogP contribution in [0, 0.1) is 0 Å². The van der Waals surface area contributed by atoms with Gasteiger partial charge in [-0.1, -0.05) is 0 Å². The van der Waals surface area contributed by atoms with Gasteiger partial charge in [0.25, 0.3) is 0 Å². The lowest BCUT2D eigenvalue weighted by atomic mass is 10.3. The first-order valence-corrected chi connectivity index (χ1v) is 6.21. The summed E-state index contributed by atoms with van der Waals surface area (Å²) in [7, 11) is 3.60. The molecule has 0 saturated carbocycles. The highest BCUT2D eigenvalue weighted by Gasteiger charge is 2.01. The van der Waals surface area contributed by atoms with E-state index in [1.165, 1.54) is 0 Å². The third kappa shape index (κ3) is 13.4. The summed E-state index contributed by atoms with van der Waals surface area (Å²) in [4.78, 5) is 12.4. The van der Waals surface area contributed by atoms with Crippen LogP contribution in [0.25, 0.3) is 0 Å². The average Bonchev–Trinajstić information content (AvgIpc) is 2.32. The number of carboxylic acids is 1. The molecule has 18 heavy (non-hydrogen) atoms. The van der Waals surface area contributed by atoms with Gasteiger partial charge >= 0.3 is 5.97 Å². The van der Waals surface area contributed by atoms with E-state index in [0.717, 1.165) is 13.1 Å². The summed E-state index contributed by atoms with van der Waals surface area (Å²) in [6.07, 6.45) is 0.893. The molecule has 0 heterocycles. The quantitative estimate of drug-likeness (QED) is 0.487. The Balaban J connectivity index is 3.15. The van der Waals surface area contributed by atoms with Crippen molar-refractivity contribution in [2.24, 2.45) is 0 Å². The summed E-state index contributed by atoms with van der Waals surface area (Å²) in [5, 5.41) is 8.50. The van der Waals surface area contributed by atoms with Crippen LogP contribution >= 0.6 is 0 Å². The van der Waals surface area contributed by atoms with Gasteiger partial charge < -0.3 is 24.2 Å². The molecule has 0 fully saturated rings. The van der Waals surface area contributed by atoms with Gasteiger partial charge in [-0.3, -0.25) is 4.79 Å². The van der Waals surface area contributed by atoms with Gasteiger partial charge in [-0.25, -0.2) is 0 Å². The number of carbonyl (C=O) groups is 1. The Morgan fingerprint density at radius 3 is 2.28 bits per heavy atom. The van der Waals surface area contributed by atoms with Crippen molar-refractivity contribution in [3.8, 4) is 0 Å². The van der Waals surface area contributed by atoms with Gasteiger partial charge in [-0.05, 0) is 20.0 Å². The van der Waals surface area contributed by atoms with Crippen LogP contribution in [0.2, 0.25) is 0 Å². The number of likely N-dealkylation sites (N-methyl/N-ethyl adjacent to an activating group) is 1. The van der Waals surface area contributed by atoms with Gasteiger partial charge in [0.15, 0.2) is 0 Å². The van der Waals surface area contributed by atoms with Crippen molar-refractivity contribution in [1.82, 2.24) is 4.90 Å². The Bertz CT molecular complexity index is 201. The second kappa shape index (κ2) is 12.8. The number of hydrogen-bond donors (Lipinski definition) is 1. The molecule has 0 aliphatic carbocycles. The van der Waals surface area contributed by atoms with Crippen LogP contribution < -0.4 is 0 Å². The van der Waals surface area contributed by atoms with Gasteiger partial charge in [0.2, 0.25) is 0 Å². The van der Waals surface area contributed by atoms with Crippen LogP contribution in [0.4, 0.5) is 0 Å². The number of carboxylic acid groups (broad SMARTS) is 1. The summed E-state index contributed by atoms with van der Waals surface area (Å²) in [6.45, 7) is 4.56. The van der Waals surface area contributed by atoms with Crippen molar-refractivity contribution in [3.63, 3.8) is 0 Å². The summed E-state index contributed by atoms with van der Waals surface area (Å²) < 4.78 is 15.5. The molecule has 0 bridgehead atoms. The molecule has 0 unspecified atom stereocenters. The van der Waals surface area contributed by atoms with Crippen molar-refractivity contribution in [2.75, 3.05) is 60.3 Å². The number of rotatable bonds is 13. The first-order valence-electron chi connectivity index (χ1n) is 6.21. The third-order valence-corrected chi connectivity index (χ3v) is 2.35. The van der Waals surface area contributed by atoms with Crippen molar-refractivity contribution < 1.29 is 24.1 Å². The van der Waals surface area contributed by atoms with E-state index in [1.807, 2.05) is 7.05 Å². The SMILES string of the molecule is COCCOCCOCCN(C)CCCC(=O)O. The maximum atomic E-state index is 10.3. The standard InChI is InChI=1S/C12H25NO5/c1-13(5-3-4-12(14)15)6-7-17-10-11-18-9-8-16-2/h3-11H2,1-2H3,(H,14,15). The maximum absolute atomic E-state index is 10.3. The van der Waals surface area contributed by atoms with E-state index < -0.39 is 5.97 Å². The van der Waals surface area contributed by atoms with Crippen LogP contribution in [-0.4, -0.2) is 76.3 Å².